The molecule has 0 unspecified atom stereocenters. The number of nitrogens with one attached hydrogen (secondary N) is 1. The first-order valence-electron chi connectivity index (χ1n) is 8.51. The van der Waals surface area contributed by atoms with Crippen LogP contribution in [0.3, 0.4) is 0 Å². The van der Waals surface area contributed by atoms with Crippen molar-refractivity contribution in [1.82, 2.24) is 15.2 Å². The van der Waals surface area contributed by atoms with Crippen LogP contribution in [0.1, 0.15) is 10.9 Å². The second kappa shape index (κ2) is 8.49. The summed E-state index contributed by atoms with van der Waals surface area (Å²) in [5.41, 5.74) is 1.53. The zero-order valence-electron chi connectivity index (χ0n) is 14.6. The van der Waals surface area contributed by atoms with Gasteiger partial charge in [0.1, 0.15) is 5.82 Å². The summed E-state index contributed by atoms with van der Waals surface area (Å²) in [7, 11) is 0. The van der Waals surface area contributed by atoms with Crippen molar-refractivity contribution in [2.24, 2.45) is 0 Å². The van der Waals surface area contributed by atoms with Gasteiger partial charge in [-0.25, -0.2) is 9.37 Å². The molecule has 0 aliphatic carbocycles. The number of anilines is 1. The molecule has 2 aromatic carbocycles. The lowest BCUT2D eigenvalue weighted by molar-refractivity contribution is -0.113. The molecule has 142 valence electrons. The Hall–Kier alpha value is -2.78. The maximum atomic E-state index is 12.9. The number of rotatable bonds is 7. The number of halogens is 1. The van der Waals surface area contributed by atoms with E-state index in [0.29, 0.717) is 23.2 Å². The molecule has 2 aromatic heterocycles. The highest BCUT2D eigenvalue weighted by Crippen LogP contribution is 2.23. The van der Waals surface area contributed by atoms with E-state index < -0.39 is 0 Å². The number of aromatic nitrogens is 3. The fraction of sp³-hybridized carbons (Fsp3) is 0.158. The summed E-state index contributed by atoms with van der Waals surface area (Å²) in [4.78, 5) is 16.5. The van der Waals surface area contributed by atoms with Gasteiger partial charge in [0, 0.05) is 18.5 Å². The number of hydrogen-bond acceptors (Lipinski definition) is 7. The predicted octanol–water partition coefficient (Wildman–Crippen LogP) is 4.33. The van der Waals surface area contributed by atoms with E-state index in [0.717, 1.165) is 33.4 Å². The fourth-order valence-electron chi connectivity index (χ4n) is 2.50. The summed E-state index contributed by atoms with van der Waals surface area (Å²) in [6, 6.07) is 13.6. The third kappa shape index (κ3) is 4.73. The molecule has 0 fully saturated rings. The molecule has 9 heteroatoms. The molecule has 0 aliphatic heterocycles. The molecule has 0 saturated heterocycles. The first-order chi connectivity index (χ1) is 13.7. The molecule has 0 aliphatic rings. The van der Waals surface area contributed by atoms with E-state index in [1.807, 2.05) is 18.2 Å². The SMILES string of the molecule is O=C(CSc1nnc(CCc2nc3ccccc3s2)o1)Nc1ccc(F)cc1. The minimum absolute atomic E-state index is 0.122. The summed E-state index contributed by atoms with van der Waals surface area (Å²) in [6.45, 7) is 0. The van der Waals surface area contributed by atoms with E-state index in [-0.39, 0.29) is 17.5 Å². The molecule has 0 bridgehead atoms. The number of fused-ring (bicyclic) bond motifs is 1. The average molecular weight is 414 g/mol. The monoisotopic (exact) mass is 414 g/mol. The summed E-state index contributed by atoms with van der Waals surface area (Å²) >= 11 is 2.81. The van der Waals surface area contributed by atoms with E-state index in [1.165, 1.54) is 24.3 Å². The largest absolute Gasteiger partial charge is 0.416 e. The summed E-state index contributed by atoms with van der Waals surface area (Å²) in [5.74, 6) is 0.0554. The number of thioether (sulfide) groups is 1. The van der Waals surface area contributed by atoms with Gasteiger partial charge >= 0.3 is 0 Å². The molecule has 6 nitrogen and oxygen atoms in total. The Labute approximate surface area is 168 Å². The van der Waals surface area contributed by atoms with Gasteiger partial charge in [0.05, 0.1) is 21.0 Å². The van der Waals surface area contributed by atoms with Crippen molar-refractivity contribution in [3.05, 3.63) is 65.2 Å². The summed E-state index contributed by atoms with van der Waals surface area (Å²) in [5, 5.41) is 12.0. The predicted molar refractivity (Wildman–Crippen MR) is 107 cm³/mol. The van der Waals surface area contributed by atoms with Crippen LogP contribution in [-0.2, 0) is 17.6 Å². The van der Waals surface area contributed by atoms with Crippen LogP contribution in [0.15, 0.2) is 58.2 Å². The van der Waals surface area contributed by atoms with Crippen LogP contribution in [0.5, 0.6) is 0 Å². The number of carbonyl (C=O) groups is 1. The summed E-state index contributed by atoms with van der Waals surface area (Å²) in [6.07, 6.45) is 1.31. The van der Waals surface area contributed by atoms with Gasteiger partial charge in [0.15, 0.2) is 0 Å². The lowest BCUT2D eigenvalue weighted by Gasteiger charge is -2.03. The molecule has 1 N–H and O–H groups in total. The Kier molecular flexibility index (Phi) is 5.63. The minimum atomic E-state index is -0.350. The molecule has 0 saturated carbocycles. The fourth-order valence-corrected chi connectivity index (χ4v) is 4.04. The van der Waals surface area contributed by atoms with Gasteiger partial charge in [-0.2, -0.15) is 0 Å². The van der Waals surface area contributed by atoms with Crippen molar-refractivity contribution in [3.8, 4) is 0 Å². The number of hydrogen-bond donors (Lipinski definition) is 1. The van der Waals surface area contributed by atoms with Gasteiger partial charge in [-0.1, -0.05) is 23.9 Å². The molecule has 28 heavy (non-hydrogen) atoms. The third-order valence-electron chi connectivity index (χ3n) is 3.79. The highest BCUT2D eigenvalue weighted by Gasteiger charge is 2.11. The number of para-hydroxylation sites is 1. The number of amides is 1. The molecule has 1 amide bonds. The Bertz CT molecular complexity index is 1060. The lowest BCUT2D eigenvalue weighted by atomic mass is 10.3. The third-order valence-corrected chi connectivity index (χ3v) is 5.71. The van der Waals surface area contributed by atoms with Gasteiger partial charge in [-0.05, 0) is 36.4 Å². The van der Waals surface area contributed by atoms with E-state index in [1.54, 1.807) is 11.3 Å². The van der Waals surface area contributed by atoms with Gasteiger partial charge in [0.25, 0.3) is 5.22 Å². The normalized spacial score (nSPS) is 11.0. The highest BCUT2D eigenvalue weighted by atomic mass is 32.2. The average Bonchev–Trinajstić information content (AvgIpc) is 3.33. The number of benzene rings is 2. The van der Waals surface area contributed by atoms with Crippen molar-refractivity contribution < 1.29 is 13.6 Å². The molecule has 4 rings (SSSR count). The van der Waals surface area contributed by atoms with E-state index >= 15 is 0 Å². The van der Waals surface area contributed by atoms with Crippen LogP contribution >= 0.6 is 23.1 Å². The van der Waals surface area contributed by atoms with Crippen molar-refractivity contribution in [2.45, 2.75) is 18.1 Å². The molecular weight excluding hydrogens is 399 g/mol. The molecule has 0 radical (unpaired) electrons. The second-order valence-electron chi connectivity index (χ2n) is 5.88. The standard InChI is InChI=1S/C19H15FN4O2S2/c20-12-5-7-13(8-6-12)21-16(25)11-27-19-24-23-17(26-19)9-10-18-22-14-3-1-2-4-15(14)28-18/h1-8H,9-11H2,(H,21,25). The highest BCUT2D eigenvalue weighted by molar-refractivity contribution is 7.99. The molecule has 4 aromatic rings. The minimum Gasteiger partial charge on any atom is -0.416 e. The van der Waals surface area contributed by atoms with Crippen LogP contribution in [0.2, 0.25) is 0 Å². The first kappa shape index (κ1) is 18.6. The Morgan fingerprint density at radius 1 is 1.11 bits per heavy atom. The number of carbonyl (C=O) groups excluding carboxylic acids is 1. The van der Waals surface area contributed by atoms with Gasteiger partial charge in [-0.3, -0.25) is 4.79 Å². The van der Waals surface area contributed by atoms with Crippen LogP contribution in [0.4, 0.5) is 10.1 Å². The van der Waals surface area contributed by atoms with E-state index in [2.05, 4.69) is 26.6 Å². The van der Waals surface area contributed by atoms with E-state index in [4.69, 9.17) is 4.42 Å². The van der Waals surface area contributed by atoms with Crippen molar-refractivity contribution in [2.75, 3.05) is 11.1 Å². The number of thiazole rings is 1. The van der Waals surface area contributed by atoms with Crippen molar-refractivity contribution in [1.29, 1.82) is 0 Å². The maximum absolute atomic E-state index is 12.9. The molecule has 0 atom stereocenters. The zero-order chi connectivity index (χ0) is 19.3. The molecule has 2 heterocycles. The maximum Gasteiger partial charge on any atom is 0.277 e. The lowest BCUT2D eigenvalue weighted by Crippen LogP contribution is -2.13. The van der Waals surface area contributed by atoms with Gasteiger partial charge < -0.3 is 9.73 Å². The summed E-state index contributed by atoms with van der Waals surface area (Å²) < 4.78 is 19.6. The molecular formula is C19H15FN4O2S2. The van der Waals surface area contributed by atoms with Crippen LogP contribution in [0.25, 0.3) is 10.2 Å². The Morgan fingerprint density at radius 3 is 2.75 bits per heavy atom. The topological polar surface area (TPSA) is 80.9 Å². The van der Waals surface area contributed by atoms with E-state index in [9.17, 15) is 9.18 Å². The Morgan fingerprint density at radius 2 is 1.93 bits per heavy atom. The van der Waals surface area contributed by atoms with Crippen LogP contribution < -0.4 is 5.32 Å². The van der Waals surface area contributed by atoms with Gasteiger partial charge in [-0.15, -0.1) is 21.5 Å². The molecule has 0 spiro atoms. The number of aryl methyl sites for hydroxylation is 2. The van der Waals surface area contributed by atoms with Crippen molar-refractivity contribution >= 4 is 44.9 Å². The number of nitrogens with zero attached hydrogens (tertiary/aromatic N) is 3. The first-order valence-corrected chi connectivity index (χ1v) is 10.3. The van der Waals surface area contributed by atoms with Crippen LogP contribution in [0, 0.1) is 5.82 Å². The Balaban J connectivity index is 1.26. The smallest absolute Gasteiger partial charge is 0.277 e. The van der Waals surface area contributed by atoms with Crippen molar-refractivity contribution in [3.63, 3.8) is 0 Å². The quantitative estimate of drug-likeness (QED) is 0.453. The second-order valence-corrected chi connectivity index (χ2v) is 7.92. The van der Waals surface area contributed by atoms with Crippen LogP contribution in [-0.4, -0.2) is 26.8 Å². The zero-order valence-corrected chi connectivity index (χ0v) is 16.2. The van der Waals surface area contributed by atoms with Gasteiger partial charge in [0.2, 0.25) is 11.8 Å².